The van der Waals surface area contributed by atoms with Crippen molar-refractivity contribution in [1.29, 1.82) is 0 Å². The highest BCUT2D eigenvalue weighted by Crippen LogP contribution is 2.36. The van der Waals surface area contributed by atoms with Crippen LogP contribution >= 0.6 is 0 Å². The molecule has 1 aromatic rings. The van der Waals surface area contributed by atoms with Crippen molar-refractivity contribution < 1.29 is 22.7 Å². The second-order valence-corrected chi connectivity index (χ2v) is 7.18. The minimum absolute atomic E-state index is 0.113. The SMILES string of the molecule is CN1CCN(C(=O)CCN2CCOC(c3ccccc3C(F)(F)F)C2)CC1. The minimum atomic E-state index is -4.40. The smallest absolute Gasteiger partial charge is 0.371 e. The van der Waals surface area contributed by atoms with Crippen LogP contribution in [0.25, 0.3) is 0 Å². The first-order valence-electron chi connectivity index (χ1n) is 9.31. The quantitative estimate of drug-likeness (QED) is 0.797. The monoisotopic (exact) mass is 385 g/mol. The number of piperazine rings is 1. The number of hydrogen-bond acceptors (Lipinski definition) is 4. The van der Waals surface area contributed by atoms with Gasteiger partial charge in [-0.2, -0.15) is 13.2 Å². The van der Waals surface area contributed by atoms with Gasteiger partial charge in [0.05, 0.1) is 18.3 Å². The number of hydrogen-bond donors (Lipinski definition) is 0. The third-order valence-corrected chi connectivity index (χ3v) is 5.26. The van der Waals surface area contributed by atoms with Crippen molar-refractivity contribution in [2.24, 2.45) is 0 Å². The molecule has 0 bridgehead atoms. The second-order valence-electron chi connectivity index (χ2n) is 7.18. The van der Waals surface area contributed by atoms with E-state index in [2.05, 4.69) is 4.90 Å². The summed E-state index contributed by atoms with van der Waals surface area (Å²) >= 11 is 0. The first kappa shape index (κ1) is 20.1. The van der Waals surface area contributed by atoms with Gasteiger partial charge in [0.25, 0.3) is 0 Å². The van der Waals surface area contributed by atoms with Crippen LogP contribution < -0.4 is 0 Å². The molecule has 1 aromatic carbocycles. The molecule has 3 rings (SSSR count). The molecule has 1 atom stereocenters. The van der Waals surface area contributed by atoms with Gasteiger partial charge in [0.2, 0.25) is 5.91 Å². The summed E-state index contributed by atoms with van der Waals surface area (Å²) in [7, 11) is 2.04. The Morgan fingerprint density at radius 3 is 2.56 bits per heavy atom. The zero-order chi connectivity index (χ0) is 19.4. The van der Waals surface area contributed by atoms with Crippen molar-refractivity contribution in [1.82, 2.24) is 14.7 Å². The van der Waals surface area contributed by atoms with Crippen molar-refractivity contribution in [2.45, 2.75) is 18.7 Å². The highest BCUT2D eigenvalue weighted by atomic mass is 19.4. The van der Waals surface area contributed by atoms with Crippen LogP contribution in [0.4, 0.5) is 13.2 Å². The summed E-state index contributed by atoms with van der Waals surface area (Å²) in [4.78, 5) is 18.5. The van der Waals surface area contributed by atoms with Gasteiger partial charge in [-0.05, 0) is 18.7 Å². The molecule has 27 heavy (non-hydrogen) atoms. The van der Waals surface area contributed by atoms with Gasteiger partial charge in [0, 0.05) is 52.2 Å². The maximum absolute atomic E-state index is 13.3. The topological polar surface area (TPSA) is 36.0 Å². The fraction of sp³-hybridized carbons (Fsp3) is 0.632. The fourth-order valence-corrected chi connectivity index (χ4v) is 3.60. The molecule has 2 aliphatic rings. The van der Waals surface area contributed by atoms with Gasteiger partial charge in [-0.1, -0.05) is 18.2 Å². The number of morpholine rings is 1. The molecule has 8 heteroatoms. The van der Waals surface area contributed by atoms with Crippen LogP contribution in [-0.4, -0.2) is 80.1 Å². The highest BCUT2D eigenvalue weighted by Gasteiger charge is 2.36. The average Bonchev–Trinajstić information content (AvgIpc) is 2.66. The summed E-state index contributed by atoms with van der Waals surface area (Å²) in [5.74, 6) is 0.113. The van der Waals surface area contributed by atoms with E-state index in [4.69, 9.17) is 4.74 Å². The normalized spacial score (nSPS) is 22.8. The number of carbonyl (C=O) groups excluding carboxylic acids is 1. The molecule has 1 unspecified atom stereocenters. The molecule has 0 spiro atoms. The Labute approximate surface area is 157 Å². The van der Waals surface area contributed by atoms with Crippen molar-refractivity contribution >= 4 is 5.91 Å². The van der Waals surface area contributed by atoms with Gasteiger partial charge in [-0.3, -0.25) is 9.69 Å². The second kappa shape index (κ2) is 8.58. The van der Waals surface area contributed by atoms with Gasteiger partial charge in [0.15, 0.2) is 0 Å². The summed E-state index contributed by atoms with van der Waals surface area (Å²) in [6.45, 7) is 5.11. The van der Waals surface area contributed by atoms with E-state index in [1.54, 1.807) is 6.07 Å². The van der Waals surface area contributed by atoms with E-state index in [0.29, 0.717) is 32.7 Å². The standard InChI is InChI=1S/C19H26F3N3O2/c1-23-8-10-25(11-9-23)18(26)6-7-24-12-13-27-17(14-24)15-4-2-3-5-16(15)19(20,21)22/h2-5,17H,6-14H2,1H3. The van der Waals surface area contributed by atoms with Gasteiger partial charge in [0.1, 0.15) is 0 Å². The summed E-state index contributed by atoms with van der Waals surface area (Å²) in [5.41, 5.74) is -0.481. The summed E-state index contributed by atoms with van der Waals surface area (Å²) in [6, 6.07) is 5.56. The van der Waals surface area contributed by atoms with Crippen LogP contribution in [0.3, 0.4) is 0 Å². The lowest BCUT2D eigenvalue weighted by molar-refractivity contribution is -0.140. The number of likely N-dealkylation sites (N-methyl/N-ethyl adjacent to an activating group) is 1. The summed E-state index contributed by atoms with van der Waals surface area (Å²) < 4.78 is 45.4. The highest BCUT2D eigenvalue weighted by molar-refractivity contribution is 5.76. The molecule has 1 amide bonds. The number of alkyl halides is 3. The molecule has 0 radical (unpaired) electrons. The predicted molar refractivity (Wildman–Crippen MR) is 95.3 cm³/mol. The van der Waals surface area contributed by atoms with E-state index >= 15 is 0 Å². The largest absolute Gasteiger partial charge is 0.416 e. The average molecular weight is 385 g/mol. The molecular formula is C19H26F3N3O2. The summed E-state index contributed by atoms with van der Waals surface area (Å²) in [5, 5.41) is 0. The molecule has 0 aromatic heterocycles. The van der Waals surface area contributed by atoms with Gasteiger partial charge >= 0.3 is 6.18 Å². The van der Waals surface area contributed by atoms with E-state index in [9.17, 15) is 18.0 Å². The van der Waals surface area contributed by atoms with Crippen molar-refractivity contribution in [3.8, 4) is 0 Å². The first-order chi connectivity index (χ1) is 12.8. The third kappa shape index (κ3) is 5.21. The van der Waals surface area contributed by atoms with Crippen LogP contribution in [0.15, 0.2) is 24.3 Å². The Balaban J connectivity index is 1.57. The Kier molecular flexibility index (Phi) is 6.39. The predicted octanol–water partition coefficient (Wildman–Crippen LogP) is 2.24. The number of amides is 1. The van der Waals surface area contributed by atoms with Crippen LogP contribution in [0, 0.1) is 0 Å². The molecule has 2 aliphatic heterocycles. The van der Waals surface area contributed by atoms with E-state index in [1.807, 2.05) is 16.8 Å². The Morgan fingerprint density at radius 1 is 1.15 bits per heavy atom. The number of benzene rings is 1. The van der Waals surface area contributed by atoms with Crippen LogP contribution in [0.2, 0.25) is 0 Å². The maximum Gasteiger partial charge on any atom is 0.416 e. The Hall–Kier alpha value is -1.64. The molecule has 0 aliphatic carbocycles. The lowest BCUT2D eigenvalue weighted by atomic mass is 10.0. The number of ether oxygens (including phenoxy) is 1. The van der Waals surface area contributed by atoms with E-state index in [-0.39, 0.29) is 11.5 Å². The van der Waals surface area contributed by atoms with E-state index < -0.39 is 17.8 Å². The van der Waals surface area contributed by atoms with Gasteiger partial charge < -0.3 is 14.5 Å². The number of nitrogens with zero attached hydrogens (tertiary/aromatic N) is 3. The molecule has 2 saturated heterocycles. The summed E-state index contributed by atoms with van der Waals surface area (Å²) in [6.07, 6.45) is -4.65. The van der Waals surface area contributed by atoms with Crippen molar-refractivity contribution in [3.05, 3.63) is 35.4 Å². The zero-order valence-electron chi connectivity index (χ0n) is 15.5. The van der Waals surface area contributed by atoms with Gasteiger partial charge in [-0.15, -0.1) is 0 Å². The molecule has 2 heterocycles. The van der Waals surface area contributed by atoms with E-state index in [1.165, 1.54) is 12.1 Å². The molecule has 0 saturated carbocycles. The number of rotatable bonds is 4. The van der Waals surface area contributed by atoms with E-state index in [0.717, 1.165) is 32.2 Å². The van der Waals surface area contributed by atoms with Crippen LogP contribution in [-0.2, 0) is 15.7 Å². The molecule has 2 fully saturated rings. The number of carbonyl (C=O) groups is 1. The lowest BCUT2D eigenvalue weighted by Crippen LogP contribution is -2.48. The molecule has 5 nitrogen and oxygen atoms in total. The van der Waals surface area contributed by atoms with Crippen LogP contribution in [0.1, 0.15) is 23.7 Å². The zero-order valence-corrected chi connectivity index (χ0v) is 15.5. The van der Waals surface area contributed by atoms with Crippen LogP contribution in [0.5, 0.6) is 0 Å². The minimum Gasteiger partial charge on any atom is -0.371 e. The van der Waals surface area contributed by atoms with Crippen molar-refractivity contribution in [3.63, 3.8) is 0 Å². The third-order valence-electron chi connectivity index (χ3n) is 5.26. The fourth-order valence-electron chi connectivity index (χ4n) is 3.60. The number of halogens is 3. The molecular weight excluding hydrogens is 359 g/mol. The van der Waals surface area contributed by atoms with Crippen molar-refractivity contribution in [2.75, 3.05) is 59.5 Å². The lowest BCUT2D eigenvalue weighted by Gasteiger charge is -2.35. The first-order valence-corrected chi connectivity index (χ1v) is 9.31. The molecule has 150 valence electrons. The Bertz CT molecular complexity index is 645. The molecule has 0 N–H and O–H groups in total. The van der Waals surface area contributed by atoms with Gasteiger partial charge in [-0.25, -0.2) is 0 Å². The Morgan fingerprint density at radius 2 is 1.85 bits per heavy atom. The maximum atomic E-state index is 13.3.